The molecule has 1 amide bonds. The minimum absolute atomic E-state index is 0.0356. The van der Waals surface area contributed by atoms with E-state index in [2.05, 4.69) is 24.3 Å². The highest BCUT2D eigenvalue weighted by molar-refractivity contribution is 6.30. The number of carbonyl (C=O) groups excluding carboxylic acids is 1. The number of likely N-dealkylation sites (tertiary alicyclic amines) is 1. The number of halogens is 1. The Labute approximate surface area is 239 Å². The van der Waals surface area contributed by atoms with Crippen LogP contribution in [0.1, 0.15) is 65.7 Å². The monoisotopic (exact) mass is 553 g/mol. The van der Waals surface area contributed by atoms with Crippen LogP contribution in [0.2, 0.25) is 5.02 Å². The van der Waals surface area contributed by atoms with Gasteiger partial charge < -0.3 is 10.0 Å². The number of unbranched alkanes of at least 4 members (excludes halogenated alkanes) is 1. The summed E-state index contributed by atoms with van der Waals surface area (Å²) in [7, 11) is 0. The molecule has 6 nitrogen and oxygen atoms in total. The summed E-state index contributed by atoms with van der Waals surface area (Å²) in [6.07, 6.45) is 6.36. The van der Waals surface area contributed by atoms with E-state index >= 15 is 0 Å². The van der Waals surface area contributed by atoms with E-state index in [4.69, 9.17) is 26.7 Å². The molecular formula is C33H32ClN3O3. The highest BCUT2D eigenvalue weighted by Crippen LogP contribution is 2.44. The van der Waals surface area contributed by atoms with Crippen molar-refractivity contribution in [2.75, 3.05) is 13.1 Å². The zero-order chi connectivity index (χ0) is 27.7. The third-order valence-electron chi connectivity index (χ3n) is 8.49. The van der Waals surface area contributed by atoms with Crippen LogP contribution in [-0.2, 0) is 23.1 Å². The Balaban J connectivity index is 1.28. The average molecular weight is 554 g/mol. The standard InChI is InChI=1S/C33H32ClN3O3/c34-25-14-11-23(12-15-25)31-28(9-3-4-10-30(38)39)35-29-20-24(13-16-27(29)36-31)32(40)37-19-18-33(21-37)17-5-7-22-6-1-2-8-26(22)33/h1-2,6,8,11-16,20H,3-5,7,9-10,17-19,21H2,(H,38,39). The molecule has 1 atom stereocenters. The molecule has 1 aliphatic carbocycles. The molecule has 2 aliphatic rings. The number of carboxylic acids is 1. The van der Waals surface area contributed by atoms with Crippen molar-refractivity contribution < 1.29 is 14.7 Å². The van der Waals surface area contributed by atoms with Crippen molar-refractivity contribution in [2.24, 2.45) is 0 Å². The number of fused-ring (bicyclic) bond motifs is 3. The second kappa shape index (κ2) is 11.0. The molecule has 1 fully saturated rings. The summed E-state index contributed by atoms with van der Waals surface area (Å²) >= 11 is 6.11. The van der Waals surface area contributed by atoms with Crippen molar-refractivity contribution in [3.05, 3.63) is 94.1 Å². The van der Waals surface area contributed by atoms with Crippen LogP contribution in [0.15, 0.2) is 66.7 Å². The predicted octanol–water partition coefficient (Wildman–Crippen LogP) is 6.87. The van der Waals surface area contributed by atoms with Crippen molar-refractivity contribution in [2.45, 2.75) is 56.8 Å². The molecule has 1 spiro atoms. The SMILES string of the molecule is O=C(O)CCCCc1nc2cc(C(=O)N3CCC4(CCCc5ccccc54)C3)ccc2nc1-c1ccc(Cl)cc1. The van der Waals surface area contributed by atoms with Gasteiger partial charge in [0.05, 0.1) is 22.4 Å². The number of amides is 1. The van der Waals surface area contributed by atoms with Crippen molar-refractivity contribution in [1.29, 1.82) is 0 Å². The van der Waals surface area contributed by atoms with E-state index in [1.165, 1.54) is 11.1 Å². The number of hydrogen-bond acceptors (Lipinski definition) is 4. The van der Waals surface area contributed by atoms with E-state index in [1.54, 1.807) is 0 Å². The van der Waals surface area contributed by atoms with Crippen LogP contribution in [0.25, 0.3) is 22.3 Å². The van der Waals surface area contributed by atoms with Crippen LogP contribution in [-0.4, -0.2) is 44.9 Å². The molecule has 0 radical (unpaired) electrons. The summed E-state index contributed by atoms with van der Waals surface area (Å²) in [6.45, 7) is 1.50. The molecule has 1 unspecified atom stereocenters. The van der Waals surface area contributed by atoms with Crippen molar-refractivity contribution in [3.8, 4) is 11.3 Å². The molecular weight excluding hydrogens is 522 g/mol. The Morgan fingerprint density at radius 2 is 1.77 bits per heavy atom. The molecule has 1 saturated heterocycles. The Hall–Kier alpha value is -3.77. The van der Waals surface area contributed by atoms with E-state index < -0.39 is 5.97 Å². The first kappa shape index (κ1) is 26.5. The van der Waals surface area contributed by atoms with Gasteiger partial charge in [-0.1, -0.05) is 48.0 Å². The number of aromatic nitrogens is 2. The molecule has 0 bridgehead atoms. The lowest BCUT2D eigenvalue weighted by atomic mass is 9.69. The van der Waals surface area contributed by atoms with Gasteiger partial charge in [-0.25, -0.2) is 9.97 Å². The Bertz CT molecular complexity index is 1590. The number of carbonyl (C=O) groups is 2. The highest BCUT2D eigenvalue weighted by Gasteiger charge is 2.43. The summed E-state index contributed by atoms with van der Waals surface area (Å²) in [5.74, 6) is -0.764. The lowest BCUT2D eigenvalue weighted by Gasteiger charge is -2.35. The number of benzene rings is 3. The molecule has 1 N–H and O–H groups in total. The van der Waals surface area contributed by atoms with Gasteiger partial charge in [0.2, 0.25) is 0 Å². The van der Waals surface area contributed by atoms with Gasteiger partial charge in [-0.2, -0.15) is 0 Å². The summed E-state index contributed by atoms with van der Waals surface area (Å²) in [6, 6.07) is 21.8. The van der Waals surface area contributed by atoms with Gasteiger partial charge in [-0.05, 0) is 86.4 Å². The second-order valence-corrected chi connectivity index (χ2v) is 11.5. The molecule has 1 aromatic heterocycles. The minimum Gasteiger partial charge on any atom is -0.481 e. The Morgan fingerprint density at radius 1 is 0.950 bits per heavy atom. The maximum absolute atomic E-state index is 13.7. The summed E-state index contributed by atoms with van der Waals surface area (Å²) in [5.41, 5.74) is 7.38. The highest BCUT2D eigenvalue weighted by atomic mass is 35.5. The van der Waals surface area contributed by atoms with Gasteiger partial charge >= 0.3 is 5.97 Å². The van der Waals surface area contributed by atoms with E-state index in [1.807, 2.05) is 47.4 Å². The van der Waals surface area contributed by atoms with Crippen LogP contribution >= 0.6 is 11.6 Å². The fourth-order valence-corrected chi connectivity index (χ4v) is 6.59. The molecule has 3 aromatic carbocycles. The van der Waals surface area contributed by atoms with Gasteiger partial charge in [0, 0.05) is 41.1 Å². The third kappa shape index (κ3) is 5.20. The summed E-state index contributed by atoms with van der Waals surface area (Å²) in [5, 5.41) is 9.68. The number of rotatable bonds is 7. The number of aryl methyl sites for hydroxylation is 2. The van der Waals surface area contributed by atoms with Gasteiger partial charge in [-0.15, -0.1) is 0 Å². The quantitative estimate of drug-likeness (QED) is 0.252. The molecule has 4 aromatic rings. The molecule has 1 aliphatic heterocycles. The van der Waals surface area contributed by atoms with E-state index in [9.17, 15) is 9.59 Å². The number of carboxylic acid groups (broad SMARTS) is 1. The van der Waals surface area contributed by atoms with E-state index in [0.717, 1.165) is 61.2 Å². The lowest BCUT2D eigenvalue weighted by molar-refractivity contribution is -0.137. The van der Waals surface area contributed by atoms with Crippen LogP contribution in [0.4, 0.5) is 0 Å². The molecule has 7 heteroatoms. The number of hydrogen-bond donors (Lipinski definition) is 1. The zero-order valence-electron chi connectivity index (χ0n) is 22.4. The molecule has 2 heterocycles. The molecule has 0 saturated carbocycles. The van der Waals surface area contributed by atoms with Crippen molar-refractivity contribution >= 4 is 34.5 Å². The van der Waals surface area contributed by atoms with Gasteiger partial charge in [0.1, 0.15) is 0 Å². The first-order valence-electron chi connectivity index (χ1n) is 14.1. The predicted molar refractivity (Wildman–Crippen MR) is 157 cm³/mol. The Kier molecular flexibility index (Phi) is 7.28. The maximum atomic E-state index is 13.7. The fraction of sp³-hybridized carbons (Fsp3) is 0.333. The normalized spacial score (nSPS) is 18.3. The zero-order valence-corrected chi connectivity index (χ0v) is 23.2. The molecule has 40 heavy (non-hydrogen) atoms. The van der Waals surface area contributed by atoms with Gasteiger partial charge in [0.15, 0.2) is 0 Å². The third-order valence-corrected chi connectivity index (χ3v) is 8.74. The summed E-state index contributed by atoms with van der Waals surface area (Å²) in [4.78, 5) is 36.6. The summed E-state index contributed by atoms with van der Waals surface area (Å²) < 4.78 is 0. The molecule has 204 valence electrons. The second-order valence-electron chi connectivity index (χ2n) is 11.1. The number of aliphatic carboxylic acids is 1. The van der Waals surface area contributed by atoms with Crippen molar-refractivity contribution in [1.82, 2.24) is 14.9 Å². The number of nitrogens with zero attached hydrogens (tertiary/aromatic N) is 3. The largest absolute Gasteiger partial charge is 0.481 e. The average Bonchev–Trinajstić information content (AvgIpc) is 3.39. The Morgan fingerprint density at radius 3 is 2.60 bits per heavy atom. The lowest BCUT2D eigenvalue weighted by Crippen LogP contribution is -2.36. The minimum atomic E-state index is -0.800. The topological polar surface area (TPSA) is 83.4 Å². The van der Waals surface area contributed by atoms with Crippen LogP contribution < -0.4 is 0 Å². The first-order chi connectivity index (χ1) is 19.4. The molecule has 6 rings (SSSR count). The first-order valence-corrected chi connectivity index (χ1v) is 14.5. The van der Waals surface area contributed by atoms with Crippen molar-refractivity contribution in [3.63, 3.8) is 0 Å². The maximum Gasteiger partial charge on any atom is 0.303 e. The smallest absolute Gasteiger partial charge is 0.303 e. The van der Waals surface area contributed by atoms with Gasteiger partial charge in [0.25, 0.3) is 5.91 Å². The van der Waals surface area contributed by atoms with E-state index in [0.29, 0.717) is 35.4 Å². The van der Waals surface area contributed by atoms with Gasteiger partial charge in [-0.3, -0.25) is 9.59 Å². The van der Waals surface area contributed by atoms with Crippen LogP contribution in [0.5, 0.6) is 0 Å². The van der Waals surface area contributed by atoms with Crippen LogP contribution in [0.3, 0.4) is 0 Å². The fourth-order valence-electron chi connectivity index (χ4n) is 6.47. The van der Waals surface area contributed by atoms with Crippen LogP contribution in [0, 0.1) is 0 Å². The van der Waals surface area contributed by atoms with E-state index in [-0.39, 0.29) is 17.7 Å².